The molecule has 0 radical (unpaired) electrons. The molecule has 5 rings (SSSR count). The molecule has 2 saturated carbocycles. The number of nitrogens with zero attached hydrogens (tertiary/aromatic N) is 2. The molecular weight excluding hydrogens is 384 g/mol. The third-order valence-electron chi connectivity index (χ3n) is 6.64. The maximum absolute atomic E-state index is 5.97. The van der Waals surface area contributed by atoms with Crippen molar-refractivity contribution in [3.05, 3.63) is 48.5 Å². The minimum atomic E-state index is 0.559. The molecule has 2 aliphatic rings. The predicted octanol–water partition coefficient (Wildman–Crippen LogP) is 6.89. The van der Waals surface area contributed by atoms with Crippen LogP contribution in [-0.2, 0) is 0 Å². The third-order valence-corrected chi connectivity index (χ3v) is 6.64. The van der Waals surface area contributed by atoms with E-state index in [2.05, 4.69) is 69.4 Å². The molecule has 0 bridgehead atoms. The Morgan fingerprint density at radius 1 is 0.548 bits per heavy atom. The molecule has 0 unspecified atom stereocenters. The predicted molar refractivity (Wildman–Crippen MR) is 126 cm³/mol. The number of hydrogen-bond donors (Lipinski definition) is 2. The van der Waals surface area contributed by atoms with E-state index in [4.69, 9.17) is 4.42 Å². The Kier molecular flexibility index (Phi) is 6.19. The van der Waals surface area contributed by atoms with E-state index in [9.17, 15) is 0 Å². The van der Waals surface area contributed by atoms with Gasteiger partial charge < -0.3 is 15.1 Å². The van der Waals surface area contributed by atoms with Crippen LogP contribution in [0.1, 0.15) is 64.2 Å². The zero-order valence-corrected chi connectivity index (χ0v) is 18.1. The number of anilines is 2. The molecule has 1 heterocycles. The van der Waals surface area contributed by atoms with Gasteiger partial charge in [0.2, 0.25) is 11.8 Å². The van der Waals surface area contributed by atoms with Crippen molar-refractivity contribution in [3.8, 4) is 22.9 Å². The van der Waals surface area contributed by atoms with Gasteiger partial charge in [0.1, 0.15) is 0 Å². The van der Waals surface area contributed by atoms with Crippen molar-refractivity contribution in [2.24, 2.45) is 0 Å². The summed E-state index contributed by atoms with van der Waals surface area (Å²) in [5.41, 5.74) is 4.22. The Hall–Kier alpha value is -2.82. The molecule has 31 heavy (non-hydrogen) atoms. The molecule has 2 aromatic carbocycles. The van der Waals surface area contributed by atoms with Crippen LogP contribution >= 0.6 is 0 Å². The van der Waals surface area contributed by atoms with Crippen molar-refractivity contribution in [3.63, 3.8) is 0 Å². The largest absolute Gasteiger partial charge is 0.416 e. The minimum absolute atomic E-state index is 0.559. The first kappa shape index (κ1) is 20.1. The Balaban J connectivity index is 1.22. The standard InChI is InChI=1S/C26H32N4O/c1-3-7-21(8-4-1)27-23-15-11-19(12-16-23)25-29-30-26(31-25)20-13-17-24(18-14-20)28-22-9-5-2-6-10-22/h11-18,21-22,27-28H,1-10H2. The summed E-state index contributed by atoms with van der Waals surface area (Å²) in [5, 5.41) is 15.8. The zero-order valence-electron chi connectivity index (χ0n) is 18.1. The van der Waals surface area contributed by atoms with Crippen LogP contribution in [0.3, 0.4) is 0 Å². The van der Waals surface area contributed by atoms with Crippen LogP contribution in [0.25, 0.3) is 22.9 Å². The molecule has 0 amide bonds. The molecule has 2 fully saturated rings. The van der Waals surface area contributed by atoms with E-state index in [1.807, 2.05) is 0 Å². The summed E-state index contributed by atoms with van der Waals surface area (Å²) in [7, 11) is 0. The second-order valence-corrected chi connectivity index (χ2v) is 9.03. The van der Waals surface area contributed by atoms with Crippen molar-refractivity contribution in [1.29, 1.82) is 0 Å². The normalized spacial score (nSPS) is 18.1. The lowest BCUT2D eigenvalue weighted by Gasteiger charge is -2.23. The van der Waals surface area contributed by atoms with E-state index in [1.165, 1.54) is 64.2 Å². The van der Waals surface area contributed by atoms with Crippen LogP contribution in [0.5, 0.6) is 0 Å². The van der Waals surface area contributed by atoms with Gasteiger partial charge in [-0.25, -0.2) is 0 Å². The molecule has 0 atom stereocenters. The highest BCUT2D eigenvalue weighted by molar-refractivity contribution is 5.62. The van der Waals surface area contributed by atoms with Crippen molar-refractivity contribution >= 4 is 11.4 Å². The van der Waals surface area contributed by atoms with E-state index < -0.39 is 0 Å². The van der Waals surface area contributed by atoms with Gasteiger partial charge in [0.05, 0.1) is 0 Å². The van der Waals surface area contributed by atoms with Gasteiger partial charge in [0, 0.05) is 34.6 Å². The maximum atomic E-state index is 5.97. The highest BCUT2D eigenvalue weighted by Crippen LogP contribution is 2.28. The van der Waals surface area contributed by atoms with Crippen LogP contribution in [0.15, 0.2) is 52.9 Å². The maximum Gasteiger partial charge on any atom is 0.248 e. The first-order chi connectivity index (χ1) is 15.3. The summed E-state index contributed by atoms with van der Waals surface area (Å²) in [4.78, 5) is 0. The van der Waals surface area contributed by atoms with Gasteiger partial charge in [-0.15, -0.1) is 10.2 Å². The first-order valence-corrected chi connectivity index (χ1v) is 11.9. The summed E-state index contributed by atoms with van der Waals surface area (Å²) in [6.45, 7) is 0. The second-order valence-electron chi connectivity index (χ2n) is 9.03. The molecule has 162 valence electrons. The molecule has 5 heteroatoms. The number of hydrogen-bond acceptors (Lipinski definition) is 5. The number of benzene rings is 2. The van der Waals surface area contributed by atoms with Gasteiger partial charge in [-0.1, -0.05) is 38.5 Å². The lowest BCUT2D eigenvalue weighted by molar-refractivity contribution is 0.463. The van der Waals surface area contributed by atoms with Crippen molar-refractivity contribution in [2.45, 2.75) is 76.3 Å². The molecule has 3 aromatic rings. The average Bonchev–Trinajstić information content (AvgIpc) is 3.32. The van der Waals surface area contributed by atoms with Gasteiger partial charge in [0.25, 0.3) is 0 Å². The van der Waals surface area contributed by atoms with Crippen LogP contribution in [0, 0.1) is 0 Å². The minimum Gasteiger partial charge on any atom is -0.416 e. The van der Waals surface area contributed by atoms with Gasteiger partial charge in [-0.3, -0.25) is 0 Å². The highest BCUT2D eigenvalue weighted by atomic mass is 16.4. The monoisotopic (exact) mass is 416 g/mol. The third kappa shape index (κ3) is 5.09. The lowest BCUT2D eigenvalue weighted by Crippen LogP contribution is -2.22. The Labute approximate surface area is 184 Å². The summed E-state index contributed by atoms with van der Waals surface area (Å²) in [6.07, 6.45) is 13.1. The summed E-state index contributed by atoms with van der Waals surface area (Å²) in [5.74, 6) is 1.12. The first-order valence-electron chi connectivity index (χ1n) is 11.9. The topological polar surface area (TPSA) is 63.0 Å². The van der Waals surface area contributed by atoms with Crippen molar-refractivity contribution < 1.29 is 4.42 Å². The number of rotatable bonds is 6. The molecule has 0 spiro atoms. The fourth-order valence-corrected chi connectivity index (χ4v) is 4.84. The Morgan fingerprint density at radius 2 is 0.935 bits per heavy atom. The second kappa shape index (κ2) is 9.54. The van der Waals surface area contributed by atoms with Gasteiger partial charge >= 0.3 is 0 Å². The van der Waals surface area contributed by atoms with Crippen LogP contribution in [0.4, 0.5) is 11.4 Å². The lowest BCUT2D eigenvalue weighted by atomic mass is 9.95. The smallest absolute Gasteiger partial charge is 0.248 e. The van der Waals surface area contributed by atoms with E-state index in [0.717, 1.165) is 22.5 Å². The molecular formula is C26H32N4O. The van der Waals surface area contributed by atoms with Gasteiger partial charge in [-0.2, -0.15) is 0 Å². The fourth-order valence-electron chi connectivity index (χ4n) is 4.84. The Morgan fingerprint density at radius 3 is 1.32 bits per heavy atom. The molecule has 0 aliphatic heterocycles. The van der Waals surface area contributed by atoms with E-state index in [-0.39, 0.29) is 0 Å². The molecule has 2 N–H and O–H groups in total. The van der Waals surface area contributed by atoms with E-state index in [1.54, 1.807) is 0 Å². The summed E-state index contributed by atoms with van der Waals surface area (Å²) >= 11 is 0. The van der Waals surface area contributed by atoms with Crippen LogP contribution in [-0.4, -0.2) is 22.3 Å². The SMILES string of the molecule is c1cc(-c2nnc(-c3ccc(NC4CCCCC4)cc3)o2)ccc1NC1CCCCC1. The number of aromatic nitrogens is 2. The molecule has 5 nitrogen and oxygen atoms in total. The fraction of sp³-hybridized carbons (Fsp3) is 0.462. The highest BCUT2D eigenvalue weighted by Gasteiger charge is 2.15. The van der Waals surface area contributed by atoms with Crippen LogP contribution < -0.4 is 10.6 Å². The molecule has 0 saturated heterocycles. The van der Waals surface area contributed by atoms with E-state index >= 15 is 0 Å². The quantitative estimate of drug-likeness (QED) is 0.458. The molecule has 1 aromatic heterocycles. The van der Waals surface area contributed by atoms with Crippen LogP contribution in [0.2, 0.25) is 0 Å². The van der Waals surface area contributed by atoms with Gasteiger partial charge in [0.15, 0.2) is 0 Å². The van der Waals surface area contributed by atoms with E-state index in [0.29, 0.717) is 23.9 Å². The number of nitrogens with one attached hydrogen (secondary N) is 2. The summed E-state index contributed by atoms with van der Waals surface area (Å²) in [6, 6.07) is 17.9. The Bertz CT molecular complexity index is 874. The van der Waals surface area contributed by atoms with Crippen molar-refractivity contribution in [2.75, 3.05) is 10.6 Å². The van der Waals surface area contributed by atoms with Crippen molar-refractivity contribution in [1.82, 2.24) is 10.2 Å². The van der Waals surface area contributed by atoms with Gasteiger partial charge in [-0.05, 0) is 74.2 Å². The average molecular weight is 417 g/mol. The molecule has 2 aliphatic carbocycles. The zero-order chi connectivity index (χ0) is 20.9. The summed E-state index contributed by atoms with van der Waals surface area (Å²) < 4.78 is 5.97.